The SMILES string of the molecule is CCNC(c1cccnc1C)C1CCOC2(CCSC2)C1. The Hall–Kier alpha value is -0.580. The van der Waals surface area contributed by atoms with Crippen LogP contribution in [0.15, 0.2) is 18.3 Å². The number of rotatable bonds is 4. The fraction of sp³-hybridized carbons (Fsp3) is 0.706. The highest BCUT2D eigenvalue weighted by Gasteiger charge is 2.42. The van der Waals surface area contributed by atoms with Crippen molar-refractivity contribution in [3.8, 4) is 0 Å². The minimum Gasteiger partial charge on any atom is -0.374 e. The van der Waals surface area contributed by atoms with Gasteiger partial charge in [-0.15, -0.1) is 0 Å². The molecule has 2 aliphatic rings. The molecule has 0 aromatic carbocycles. The van der Waals surface area contributed by atoms with Crippen molar-refractivity contribution in [3.05, 3.63) is 29.6 Å². The van der Waals surface area contributed by atoms with Crippen LogP contribution in [0.5, 0.6) is 0 Å². The van der Waals surface area contributed by atoms with Crippen LogP contribution in [0.2, 0.25) is 0 Å². The monoisotopic (exact) mass is 306 g/mol. The number of ether oxygens (including phenoxy) is 1. The summed E-state index contributed by atoms with van der Waals surface area (Å²) in [6.45, 7) is 6.23. The Bertz CT molecular complexity index is 474. The molecule has 4 heteroatoms. The first-order valence-electron chi connectivity index (χ1n) is 8.11. The van der Waals surface area contributed by atoms with Crippen LogP contribution in [0, 0.1) is 12.8 Å². The number of hydrogen-bond donors (Lipinski definition) is 1. The smallest absolute Gasteiger partial charge is 0.0783 e. The summed E-state index contributed by atoms with van der Waals surface area (Å²) in [4.78, 5) is 4.49. The summed E-state index contributed by atoms with van der Waals surface area (Å²) in [6.07, 6.45) is 5.45. The van der Waals surface area contributed by atoms with E-state index < -0.39 is 0 Å². The molecule has 3 nitrogen and oxygen atoms in total. The van der Waals surface area contributed by atoms with Crippen molar-refractivity contribution in [3.63, 3.8) is 0 Å². The molecule has 0 saturated carbocycles. The Morgan fingerprint density at radius 1 is 1.57 bits per heavy atom. The molecule has 2 fully saturated rings. The van der Waals surface area contributed by atoms with Crippen molar-refractivity contribution in [1.82, 2.24) is 10.3 Å². The van der Waals surface area contributed by atoms with Gasteiger partial charge in [-0.05, 0) is 56.0 Å². The van der Waals surface area contributed by atoms with Gasteiger partial charge in [-0.3, -0.25) is 4.98 Å². The molecule has 116 valence electrons. The molecule has 0 radical (unpaired) electrons. The number of thioether (sulfide) groups is 1. The first-order chi connectivity index (χ1) is 10.2. The van der Waals surface area contributed by atoms with Gasteiger partial charge in [0.15, 0.2) is 0 Å². The molecule has 21 heavy (non-hydrogen) atoms. The van der Waals surface area contributed by atoms with E-state index in [9.17, 15) is 0 Å². The Morgan fingerprint density at radius 3 is 3.19 bits per heavy atom. The van der Waals surface area contributed by atoms with E-state index in [1.165, 1.54) is 29.9 Å². The maximum absolute atomic E-state index is 6.19. The second-order valence-corrected chi connectivity index (χ2v) is 7.41. The Labute approximate surface area is 132 Å². The second kappa shape index (κ2) is 6.67. The third kappa shape index (κ3) is 3.27. The lowest BCUT2D eigenvalue weighted by atomic mass is 9.78. The summed E-state index contributed by atoms with van der Waals surface area (Å²) in [5.74, 6) is 3.08. The summed E-state index contributed by atoms with van der Waals surface area (Å²) in [6, 6.07) is 4.71. The molecule has 1 aromatic rings. The number of hydrogen-bond acceptors (Lipinski definition) is 4. The minimum absolute atomic E-state index is 0.150. The normalized spacial score (nSPS) is 30.7. The minimum atomic E-state index is 0.150. The number of nitrogens with one attached hydrogen (secondary N) is 1. The summed E-state index contributed by atoms with van der Waals surface area (Å²) in [5.41, 5.74) is 2.68. The van der Waals surface area contributed by atoms with Crippen molar-refractivity contribution in [2.24, 2.45) is 5.92 Å². The van der Waals surface area contributed by atoms with Crippen molar-refractivity contribution < 1.29 is 4.74 Å². The van der Waals surface area contributed by atoms with Crippen LogP contribution >= 0.6 is 11.8 Å². The lowest BCUT2D eigenvalue weighted by Crippen LogP contribution is -2.44. The first-order valence-corrected chi connectivity index (χ1v) is 9.26. The highest BCUT2D eigenvalue weighted by molar-refractivity contribution is 7.99. The van der Waals surface area contributed by atoms with E-state index in [4.69, 9.17) is 4.74 Å². The summed E-state index contributed by atoms with van der Waals surface area (Å²) in [5, 5.41) is 3.71. The molecular formula is C17H26N2OS. The quantitative estimate of drug-likeness (QED) is 0.925. The van der Waals surface area contributed by atoms with Gasteiger partial charge in [0.2, 0.25) is 0 Å². The summed E-state index contributed by atoms with van der Waals surface area (Å²) < 4.78 is 6.19. The van der Waals surface area contributed by atoms with Crippen molar-refractivity contribution >= 4 is 11.8 Å². The zero-order valence-electron chi connectivity index (χ0n) is 13.1. The van der Waals surface area contributed by atoms with E-state index >= 15 is 0 Å². The van der Waals surface area contributed by atoms with E-state index in [1.54, 1.807) is 0 Å². The van der Waals surface area contributed by atoms with Crippen LogP contribution in [0.4, 0.5) is 0 Å². The van der Waals surface area contributed by atoms with Crippen LogP contribution in [0.3, 0.4) is 0 Å². The van der Waals surface area contributed by atoms with Gasteiger partial charge in [-0.25, -0.2) is 0 Å². The zero-order valence-corrected chi connectivity index (χ0v) is 13.9. The molecule has 0 amide bonds. The van der Waals surface area contributed by atoms with Crippen LogP contribution in [0.25, 0.3) is 0 Å². The first kappa shape index (κ1) is 15.3. The fourth-order valence-electron chi connectivity index (χ4n) is 3.79. The van der Waals surface area contributed by atoms with Crippen LogP contribution in [-0.4, -0.2) is 35.2 Å². The summed E-state index contributed by atoms with van der Waals surface area (Å²) in [7, 11) is 0. The van der Waals surface area contributed by atoms with Gasteiger partial charge >= 0.3 is 0 Å². The topological polar surface area (TPSA) is 34.2 Å². The Kier molecular flexibility index (Phi) is 4.87. The molecule has 3 rings (SSSR count). The zero-order chi connectivity index (χ0) is 14.7. The highest BCUT2D eigenvalue weighted by atomic mass is 32.2. The molecule has 2 saturated heterocycles. The van der Waals surface area contributed by atoms with Gasteiger partial charge < -0.3 is 10.1 Å². The van der Waals surface area contributed by atoms with Gasteiger partial charge in [0, 0.05) is 30.3 Å². The van der Waals surface area contributed by atoms with E-state index in [1.807, 2.05) is 18.0 Å². The average Bonchev–Trinajstić information content (AvgIpc) is 2.93. The van der Waals surface area contributed by atoms with Crippen molar-refractivity contribution in [1.29, 1.82) is 0 Å². The number of nitrogens with zero attached hydrogens (tertiary/aromatic N) is 1. The van der Waals surface area contributed by atoms with Crippen molar-refractivity contribution in [2.45, 2.75) is 44.8 Å². The lowest BCUT2D eigenvalue weighted by Gasteiger charge is -2.41. The Morgan fingerprint density at radius 2 is 2.48 bits per heavy atom. The number of aryl methyl sites for hydroxylation is 1. The average molecular weight is 306 g/mol. The Balaban J connectivity index is 1.82. The third-order valence-electron chi connectivity index (χ3n) is 4.88. The van der Waals surface area contributed by atoms with E-state index in [0.717, 1.165) is 25.3 Å². The largest absolute Gasteiger partial charge is 0.374 e. The summed E-state index contributed by atoms with van der Waals surface area (Å²) >= 11 is 2.05. The maximum atomic E-state index is 6.19. The molecule has 1 N–H and O–H groups in total. The molecule has 2 aliphatic heterocycles. The maximum Gasteiger partial charge on any atom is 0.0783 e. The van der Waals surface area contributed by atoms with Crippen LogP contribution in [-0.2, 0) is 4.74 Å². The number of aromatic nitrogens is 1. The standard InChI is InChI=1S/C17H26N2OS/c1-3-18-16(15-5-4-8-19-13(15)2)14-6-9-20-17(11-14)7-10-21-12-17/h4-5,8,14,16,18H,3,6-7,9-12H2,1-2H3. The van der Waals surface area contributed by atoms with Gasteiger partial charge in [-0.2, -0.15) is 11.8 Å². The molecule has 3 unspecified atom stereocenters. The van der Waals surface area contributed by atoms with Crippen molar-refractivity contribution in [2.75, 3.05) is 24.7 Å². The van der Waals surface area contributed by atoms with Gasteiger partial charge in [-0.1, -0.05) is 13.0 Å². The van der Waals surface area contributed by atoms with E-state index in [-0.39, 0.29) is 5.60 Å². The van der Waals surface area contributed by atoms with Crippen LogP contribution in [0.1, 0.15) is 43.5 Å². The molecule has 0 aliphatic carbocycles. The van der Waals surface area contributed by atoms with Gasteiger partial charge in [0.1, 0.15) is 0 Å². The predicted octanol–water partition coefficient (Wildman–Crippen LogP) is 3.34. The second-order valence-electron chi connectivity index (χ2n) is 6.30. The van der Waals surface area contributed by atoms with E-state index in [2.05, 4.69) is 36.3 Å². The third-order valence-corrected chi connectivity index (χ3v) is 6.10. The van der Waals surface area contributed by atoms with Crippen LogP contribution < -0.4 is 5.32 Å². The fourth-order valence-corrected chi connectivity index (χ4v) is 5.17. The molecule has 0 bridgehead atoms. The molecular weight excluding hydrogens is 280 g/mol. The lowest BCUT2D eigenvalue weighted by molar-refractivity contribution is -0.0854. The van der Waals surface area contributed by atoms with Gasteiger partial charge in [0.05, 0.1) is 5.60 Å². The van der Waals surface area contributed by atoms with Gasteiger partial charge in [0.25, 0.3) is 0 Å². The van der Waals surface area contributed by atoms with E-state index in [0.29, 0.717) is 12.0 Å². The predicted molar refractivity (Wildman–Crippen MR) is 88.7 cm³/mol. The molecule has 3 atom stereocenters. The highest BCUT2D eigenvalue weighted by Crippen LogP contribution is 2.44. The molecule has 3 heterocycles. The molecule has 1 aromatic heterocycles. The number of pyridine rings is 1. The molecule has 1 spiro atoms.